The molecule has 0 aromatic carbocycles. The Morgan fingerprint density at radius 2 is 1.64 bits per heavy atom. The molecule has 3 nitrogen and oxygen atoms in total. The first-order chi connectivity index (χ1) is 6.38. The molecule has 0 aliphatic carbocycles. The van der Waals surface area contributed by atoms with Crippen LogP contribution >= 0.6 is 0 Å². The van der Waals surface area contributed by atoms with E-state index in [1.165, 1.54) is 0 Å². The zero-order chi connectivity index (χ0) is 11.4. The predicted molar refractivity (Wildman–Crippen MR) is 57.7 cm³/mol. The molecule has 0 radical (unpaired) electrons. The van der Waals surface area contributed by atoms with Crippen LogP contribution in [0.15, 0.2) is 0 Å². The molecule has 0 aliphatic heterocycles. The highest BCUT2D eigenvalue weighted by Crippen LogP contribution is 2.33. The van der Waals surface area contributed by atoms with Gasteiger partial charge in [0, 0.05) is 0 Å². The number of carbonyl (C=O) groups excluding carboxylic acids is 1. The lowest BCUT2D eigenvalue weighted by Gasteiger charge is -2.38. The van der Waals surface area contributed by atoms with E-state index >= 15 is 0 Å². The van der Waals surface area contributed by atoms with Crippen molar-refractivity contribution in [3.8, 4) is 0 Å². The summed E-state index contributed by atoms with van der Waals surface area (Å²) >= 11 is 0. The van der Waals surface area contributed by atoms with Crippen LogP contribution in [0.5, 0.6) is 0 Å². The average molecular weight is 201 g/mol. The van der Waals surface area contributed by atoms with Crippen molar-refractivity contribution < 1.29 is 9.90 Å². The van der Waals surface area contributed by atoms with Gasteiger partial charge in [-0.25, -0.2) is 0 Å². The van der Waals surface area contributed by atoms with Gasteiger partial charge in [-0.15, -0.1) is 0 Å². The van der Waals surface area contributed by atoms with Crippen molar-refractivity contribution in [2.45, 2.75) is 52.6 Å². The zero-order valence-electron chi connectivity index (χ0n) is 9.71. The predicted octanol–water partition coefficient (Wildman–Crippen LogP) is 1.69. The van der Waals surface area contributed by atoms with Gasteiger partial charge in [0.2, 0.25) is 5.91 Å². The van der Waals surface area contributed by atoms with Gasteiger partial charge in [0.05, 0.1) is 12.0 Å². The van der Waals surface area contributed by atoms with Crippen molar-refractivity contribution >= 4 is 5.91 Å². The molecule has 0 bridgehead atoms. The molecule has 2 atom stereocenters. The first kappa shape index (κ1) is 13.4. The van der Waals surface area contributed by atoms with Gasteiger partial charge in [0.1, 0.15) is 0 Å². The van der Waals surface area contributed by atoms with Crippen molar-refractivity contribution in [1.82, 2.24) is 0 Å². The second-order valence-electron chi connectivity index (χ2n) is 4.25. The topological polar surface area (TPSA) is 63.3 Å². The van der Waals surface area contributed by atoms with Crippen LogP contribution in [-0.4, -0.2) is 16.6 Å². The molecule has 0 rings (SSSR count). The second kappa shape index (κ2) is 5.35. The lowest BCUT2D eigenvalue weighted by molar-refractivity contribution is -0.130. The summed E-state index contributed by atoms with van der Waals surface area (Å²) in [6.45, 7) is 7.96. The van der Waals surface area contributed by atoms with Crippen molar-refractivity contribution in [3.63, 3.8) is 0 Å². The van der Waals surface area contributed by atoms with Gasteiger partial charge in [0.15, 0.2) is 0 Å². The number of carbonyl (C=O) groups is 1. The maximum atomic E-state index is 10.9. The van der Waals surface area contributed by atoms with Crippen LogP contribution in [0.3, 0.4) is 0 Å². The Morgan fingerprint density at radius 1 is 1.29 bits per heavy atom. The third-order valence-corrected chi connectivity index (χ3v) is 3.39. The fraction of sp³-hybridized carbons (Fsp3) is 0.909. The molecule has 0 saturated heterocycles. The molecule has 84 valence electrons. The second-order valence-corrected chi connectivity index (χ2v) is 4.25. The van der Waals surface area contributed by atoms with Gasteiger partial charge in [0.25, 0.3) is 0 Å². The van der Waals surface area contributed by atoms with Crippen molar-refractivity contribution in [2.75, 3.05) is 0 Å². The smallest absolute Gasteiger partial charge is 0.220 e. The number of primary amides is 1. The number of hydrogen-bond acceptors (Lipinski definition) is 2. The summed E-state index contributed by atoms with van der Waals surface area (Å²) in [6.07, 6.45) is 1.78. The molecular formula is C11H23NO2. The molecule has 0 fully saturated rings. The van der Waals surface area contributed by atoms with Crippen LogP contribution in [0.2, 0.25) is 0 Å². The van der Waals surface area contributed by atoms with Crippen LogP contribution in [0.4, 0.5) is 0 Å². The fourth-order valence-corrected chi connectivity index (χ4v) is 1.82. The minimum absolute atomic E-state index is 0.0665. The molecule has 0 spiro atoms. The standard InChI is InChI=1S/C11H23NO2/c1-5-8(3)11(14,7-10(12)13)9(4)6-2/h8-9,14H,5-7H2,1-4H3,(H2,12,13). The molecule has 0 aromatic heterocycles. The van der Waals surface area contributed by atoms with Crippen LogP contribution in [0.25, 0.3) is 0 Å². The summed E-state index contributed by atoms with van der Waals surface area (Å²) in [5.74, 6) is -0.219. The van der Waals surface area contributed by atoms with E-state index in [-0.39, 0.29) is 18.3 Å². The van der Waals surface area contributed by atoms with Gasteiger partial charge < -0.3 is 10.8 Å². The van der Waals surface area contributed by atoms with Gasteiger partial charge in [-0.1, -0.05) is 40.5 Å². The third-order valence-electron chi connectivity index (χ3n) is 3.39. The van der Waals surface area contributed by atoms with E-state index in [2.05, 4.69) is 0 Å². The molecular weight excluding hydrogens is 178 g/mol. The fourth-order valence-electron chi connectivity index (χ4n) is 1.82. The van der Waals surface area contributed by atoms with Crippen LogP contribution in [0, 0.1) is 11.8 Å². The SMILES string of the molecule is CCC(C)C(O)(CC(N)=O)C(C)CC. The monoisotopic (exact) mass is 201 g/mol. The van der Waals surface area contributed by atoms with Crippen LogP contribution < -0.4 is 5.73 Å². The summed E-state index contributed by atoms with van der Waals surface area (Å²) in [4.78, 5) is 10.9. The quantitative estimate of drug-likeness (QED) is 0.687. The third kappa shape index (κ3) is 2.98. The molecule has 0 saturated carbocycles. The van der Waals surface area contributed by atoms with Crippen molar-refractivity contribution in [2.24, 2.45) is 17.6 Å². The lowest BCUT2D eigenvalue weighted by atomic mass is 9.74. The average Bonchev–Trinajstić information content (AvgIpc) is 2.13. The number of aliphatic hydroxyl groups is 1. The number of hydrogen-bond donors (Lipinski definition) is 2. The highest BCUT2D eigenvalue weighted by atomic mass is 16.3. The highest BCUT2D eigenvalue weighted by Gasteiger charge is 2.38. The maximum absolute atomic E-state index is 10.9. The van der Waals surface area contributed by atoms with E-state index in [1.54, 1.807) is 0 Å². The molecule has 3 N–H and O–H groups in total. The Labute approximate surface area is 86.7 Å². The minimum atomic E-state index is -0.935. The van der Waals surface area contributed by atoms with Crippen LogP contribution in [-0.2, 0) is 4.79 Å². The van der Waals surface area contributed by atoms with E-state index in [1.807, 2.05) is 27.7 Å². The Hall–Kier alpha value is -0.570. The number of nitrogens with two attached hydrogens (primary N) is 1. The van der Waals surface area contributed by atoms with E-state index in [9.17, 15) is 9.90 Å². The zero-order valence-corrected chi connectivity index (χ0v) is 9.71. The molecule has 0 heterocycles. The Kier molecular flexibility index (Phi) is 5.13. The highest BCUT2D eigenvalue weighted by molar-refractivity contribution is 5.75. The molecule has 0 aliphatic rings. The van der Waals surface area contributed by atoms with Gasteiger partial charge in [-0.05, 0) is 11.8 Å². The lowest BCUT2D eigenvalue weighted by Crippen LogP contribution is -2.45. The molecule has 14 heavy (non-hydrogen) atoms. The Balaban J connectivity index is 4.73. The first-order valence-electron chi connectivity index (χ1n) is 5.39. The van der Waals surface area contributed by atoms with Crippen LogP contribution in [0.1, 0.15) is 47.0 Å². The van der Waals surface area contributed by atoms with E-state index in [0.717, 1.165) is 12.8 Å². The Morgan fingerprint density at radius 3 is 1.86 bits per heavy atom. The van der Waals surface area contributed by atoms with E-state index < -0.39 is 11.5 Å². The van der Waals surface area contributed by atoms with Gasteiger partial charge >= 0.3 is 0 Å². The summed E-state index contributed by atoms with van der Waals surface area (Å²) < 4.78 is 0. The Bertz CT molecular complexity index is 182. The van der Waals surface area contributed by atoms with Crippen molar-refractivity contribution in [1.29, 1.82) is 0 Å². The normalized spacial score (nSPS) is 19.8. The molecule has 1 amide bonds. The number of amides is 1. The summed E-state index contributed by atoms with van der Waals surface area (Å²) in [5.41, 5.74) is 4.23. The van der Waals surface area contributed by atoms with Gasteiger partial charge in [-0.2, -0.15) is 0 Å². The van der Waals surface area contributed by atoms with E-state index in [4.69, 9.17) is 5.73 Å². The number of rotatable bonds is 6. The molecule has 3 heteroatoms. The molecule has 2 unspecified atom stereocenters. The largest absolute Gasteiger partial charge is 0.389 e. The van der Waals surface area contributed by atoms with Gasteiger partial charge in [-0.3, -0.25) is 4.79 Å². The summed E-state index contributed by atoms with van der Waals surface area (Å²) in [6, 6.07) is 0. The molecule has 0 aromatic rings. The first-order valence-corrected chi connectivity index (χ1v) is 5.39. The van der Waals surface area contributed by atoms with Crippen molar-refractivity contribution in [3.05, 3.63) is 0 Å². The summed E-state index contributed by atoms with van der Waals surface area (Å²) in [5, 5.41) is 10.4. The van der Waals surface area contributed by atoms with E-state index in [0.29, 0.717) is 0 Å². The maximum Gasteiger partial charge on any atom is 0.220 e. The minimum Gasteiger partial charge on any atom is -0.389 e. The summed E-state index contributed by atoms with van der Waals surface area (Å²) in [7, 11) is 0.